The van der Waals surface area contributed by atoms with E-state index in [1.807, 2.05) is 71.6 Å². The van der Waals surface area contributed by atoms with Crippen molar-refractivity contribution < 1.29 is 9.18 Å². The van der Waals surface area contributed by atoms with Gasteiger partial charge >= 0.3 is 0 Å². The summed E-state index contributed by atoms with van der Waals surface area (Å²) in [5, 5.41) is 4.58. The number of carbonyl (C=O) groups is 1. The van der Waals surface area contributed by atoms with Gasteiger partial charge in [-0.25, -0.2) is 13.9 Å². The number of anilines is 1. The lowest BCUT2D eigenvalue weighted by molar-refractivity contribution is 0.0748. The molecule has 3 heterocycles. The maximum Gasteiger partial charge on any atom is 0.259 e. The molecule has 0 spiro atoms. The van der Waals surface area contributed by atoms with E-state index in [1.165, 1.54) is 12.1 Å². The van der Waals surface area contributed by atoms with Crippen molar-refractivity contribution in [3.63, 3.8) is 0 Å². The summed E-state index contributed by atoms with van der Waals surface area (Å²) >= 11 is 0. The first-order valence-electron chi connectivity index (χ1n) is 12.0. The lowest BCUT2D eigenvalue weighted by atomic mass is 10.1. The largest absolute Gasteiger partial charge is 0.368 e. The summed E-state index contributed by atoms with van der Waals surface area (Å²) in [5.41, 5.74) is 5.63. The zero-order valence-electron chi connectivity index (χ0n) is 19.6. The van der Waals surface area contributed by atoms with Gasteiger partial charge in [0.2, 0.25) is 0 Å². The summed E-state index contributed by atoms with van der Waals surface area (Å²) in [6.45, 7) is 2.48. The molecule has 7 heteroatoms. The van der Waals surface area contributed by atoms with E-state index in [2.05, 4.69) is 10.00 Å². The number of nitrogens with zero attached hydrogens (tertiary/aromatic N) is 5. The van der Waals surface area contributed by atoms with E-state index in [4.69, 9.17) is 4.98 Å². The number of hydrogen-bond donors (Lipinski definition) is 0. The van der Waals surface area contributed by atoms with Gasteiger partial charge in [0.15, 0.2) is 5.65 Å². The van der Waals surface area contributed by atoms with Crippen molar-refractivity contribution in [2.75, 3.05) is 31.1 Å². The molecule has 1 saturated heterocycles. The zero-order valence-corrected chi connectivity index (χ0v) is 19.6. The summed E-state index contributed by atoms with van der Waals surface area (Å²) in [5.74, 6) is -0.335. The molecule has 0 unspecified atom stereocenters. The Balaban J connectivity index is 1.34. The van der Waals surface area contributed by atoms with E-state index < -0.39 is 0 Å². The number of carbonyl (C=O) groups excluding carboxylic acids is 1. The van der Waals surface area contributed by atoms with Gasteiger partial charge in [-0.3, -0.25) is 4.79 Å². The Labute approximate surface area is 208 Å². The molecule has 0 bridgehead atoms. The van der Waals surface area contributed by atoms with E-state index in [0.29, 0.717) is 37.4 Å². The summed E-state index contributed by atoms with van der Waals surface area (Å²) < 4.78 is 15.0. The molecule has 1 aliphatic heterocycles. The number of fused-ring (bicyclic) bond motifs is 1. The summed E-state index contributed by atoms with van der Waals surface area (Å²) in [6, 6.07) is 28.5. The van der Waals surface area contributed by atoms with Gasteiger partial charge in [-0.2, -0.15) is 5.10 Å². The molecule has 6 nitrogen and oxygen atoms in total. The van der Waals surface area contributed by atoms with Crippen molar-refractivity contribution in [2.24, 2.45) is 0 Å². The molecule has 0 radical (unpaired) electrons. The normalized spacial score (nSPS) is 13.8. The number of rotatable bonds is 4. The molecule has 2 aromatic heterocycles. The van der Waals surface area contributed by atoms with Crippen molar-refractivity contribution in [2.45, 2.75) is 0 Å². The first kappa shape index (κ1) is 22.0. The van der Waals surface area contributed by atoms with Crippen molar-refractivity contribution >= 4 is 17.2 Å². The molecular weight excluding hydrogens is 453 g/mol. The number of amides is 1. The third-order valence-corrected chi connectivity index (χ3v) is 6.60. The average Bonchev–Trinajstić information content (AvgIpc) is 3.38. The van der Waals surface area contributed by atoms with Crippen molar-refractivity contribution in [3.8, 4) is 22.5 Å². The molecule has 6 rings (SSSR count). The van der Waals surface area contributed by atoms with Crippen LogP contribution >= 0.6 is 0 Å². The molecule has 5 aromatic rings. The highest BCUT2D eigenvalue weighted by Crippen LogP contribution is 2.28. The van der Waals surface area contributed by atoms with Gasteiger partial charge in [0.25, 0.3) is 5.91 Å². The predicted molar refractivity (Wildman–Crippen MR) is 138 cm³/mol. The Morgan fingerprint density at radius 3 is 2.08 bits per heavy atom. The van der Waals surface area contributed by atoms with Gasteiger partial charge in [-0.05, 0) is 30.3 Å². The van der Waals surface area contributed by atoms with Crippen LogP contribution in [0.15, 0.2) is 97.2 Å². The Bertz CT molecular complexity index is 1510. The fourth-order valence-corrected chi connectivity index (χ4v) is 4.68. The van der Waals surface area contributed by atoms with Crippen molar-refractivity contribution in [3.05, 3.63) is 109 Å². The van der Waals surface area contributed by atoms with Gasteiger partial charge < -0.3 is 9.80 Å². The van der Waals surface area contributed by atoms with Gasteiger partial charge in [0.05, 0.1) is 17.6 Å². The minimum atomic E-state index is -0.252. The lowest BCUT2D eigenvalue weighted by Crippen LogP contribution is -2.48. The van der Waals surface area contributed by atoms with Crippen molar-refractivity contribution in [1.82, 2.24) is 19.5 Å². The van der Waals surface area contributed by atoms with Crippen LogP contribution in [0.3, 0.4) is 0 Å². The van der Waals surface area contributed by atoms with E-state index in [9.17, 15) is 9.18 Å². The Kier molecular flexibility index (Phi) is 5.65. The fourth-order valence-electron chi connectivity index (χ4n) is 4.68. The summed E-state index contributed by atoms with van der Waals surface area (Å²) in [7, 11) is 0. The minimum Gasteiger partial charge on any atom is -0.368 e. The standard InChI is InChI=1S/C29H24FN5O/c30-23-11-13-24(14-12-23)33-15-17-34(18-16-33)29(36)25-20-31-35-27(22-9-5-2-6-10-22)19-26(32-28(25)35)21-7-3-1-4-8-21/h1-14,19-20H,15-18H2. The molecule has 0 atom stereocenters. The molecule has 36 heavy (non-hydrogen) atoms. The second-order valence-electron chi connectivity index (χ2n) is 8.81. The monoisotopic (exact) mass is 477 g/mol. The summed E-state index contributed by atoms with van der Waals surface area (Å²) in [6.07, 6.45) is 1.62. The highest BCUT2D eigenvalue weighted by atomic mass is 19.1. The fraction of sp³-hybridized carbons (Fsp3) is 0.138. The maximum atomic E-state index is 13.6. The van der Waals surface area contributed by atoms with Gasteiger partial charge in [0.1, 0.15) is 11.4 Å². The van der Waals surface area contributed by atoms with E-state index in [-0.39, 0.29) is 11.7 Å². The highest BCUT2D eigenvalue weighted by molar-refractivity contribution is 6.00. The van der Waals surface area contributed by atoms with Crippen LogP contribution in [-0.4, -0.2) is 51.6 Å². The number of piperazine rings is 1. The number of halogens is 1. The highest BCUT2D eigenvalue weighted by Gasteiger charge is 2.26. The maximum absolute atomic E-state index is 13.6. The molecule has 0 saturated carbocycles. The smallest absolute Gasteiger partial charge is 0.259 e. The lowest BCUT2D eigenvalue weighted by Gasteiger charge is -2.36. The van der Waals surface area contributed by atoms with Crippen LogP contribution in [0.2, 0.25) is 0 Å². The Hall–Kier alpha value is -4.52. The van der Waals surface area contributed by atoms with Crippen LogP contribution < -0.4 is 4.90 Å². The minimum absolute atomic E-state index is 0.0829. The molecule has 3 aromatic carbocycles. The Morgan fingerprint density at radius 1 is 0.778 bits per heavy atom. The second-order valence-corrected chi connectivity index (χ2v) is 8.81. The zero-order chi connectivity index (χ0) is 24.5. The number of hydrogen-bond acceptors (Lipinski definition) is 4. The van der Waals surface area contributed by atoms with E-state index in [0.717, 1.165) is 28.2 Å². The van der Waals surface area contributed by atoms with Gasteiger partial charge in [-0.15, -0.1) is 0 Å². The van der Waals surface area contributed by atoms with Crippen LogP contribution in [0.4, 0.5) is 10.1 Å². The molecule has 1 amide bonds. The number of aromatic nitrogens is 3. The van der Waals surface area contributed by atoms with Crippen molar-refractivity contribution in [1.29, 1.82) is 0 Å². The van der Waals surface area contributed by atoms with Gasteiger partial charge in [-0.1, -0.05) is 60.7 Å². The van der Waals surface area contributed by atoms with E-state index in [1.54, 1.807) is 22.8 Å². The molecule has 1 aliphatic rings. The average molecular weight is 478 g/mol. The molecule has 1 fully saturated rings. The first-order valence-corrected chi connectivity index (χ1v) is 12.0. The second kappa shape index (κ2) is 9.26. The number of benzene rings is 3. The molecular formula is C29H24FN5O. The summed E-state index contributed by atoms with van der Waals surface area (Å²) in [4.78, 5) is 22.5. The quantitative estimate of drug-likeness (QED) is 0.359. The Morgan fingerprint density at radius 2 is 1.42 bits per heavy atom. The van der Waals surface area contributed by atoms with Crippen LogP contribution in [0.1, 0.15) is 10.4 Å². The van der Waals surface area contributed by atoms with Crippen LogP contribution in [-0.2, 0) is 0 Å². The van der Waals surface area contributed by atoms with Crippen LogP contribution in [0.25, 0.3) is 28.2 Å². The van der Waals surface area contributed by atoms with Crippen LogP contribution in [0.5, 0.6) is 0 Å². The third kappa shape index (κ3) is 4.09. The third-order valence-electron chi connectivity index (χ3n) is 6.60. The van der Waals surface area contributed by atoms with E-state index >= 15 is 0 Å². The first-order chi connectivity index (χ1) is 17.7. The molecule has 178 valence electrons. The SMILES string of the molecule is O=C(c1cnn2c(-c3ccccc3)cc(-c3ccccc3)nc12)N1CCN(c2ccc(F)cc2)CC1. The predicted octanol–water partition coefficient (Wildman–Crippen LogP) is 5.16. The topological polar surface area (TPSA) is 53.7 Å². The molecule has 0 aliphatic carbocycles. The van der Waals surface area contributed by atoms with Crippen LogP contribution in [0, 0.1) is 5.82 Å². The van der Waals surface area contributed by atoms with Gasteiger partial charge in [0, 0.05) is 43.0 Å². The molecule has 0 N–H and O–H groups in total.